The van der Waals surface area contributed by atoms with E-state index < -0.39 is 0 Å². The van der Waals surface area contributed by atoms with E-state index in [0.29, 0.717) is 25.3 Å². The monoisotopic (exact) mass is 276 g/mol. The minimum absolute atomic E-state index is 0.108. The summed E-state index contributed by atoms with van der Waals surface area (Å²) in [6, 6.07) is 7.20. The van der Waals surface area contributed by atoms with Gasteiger partial charge >= 0.3 is 0 Å². The summed E-state index contributed by atoms with van der Waals surface area (Å²) < 4.78 is 0. The molecule has 0 heterocycles. The van der Waals surface area contributed by atoms with Crippen LogP contribution < -0.4 is 5.32 Å². The molecule has 0 radical (unpaired) electrons. The number of anilines is 1. The average molecular weight is 277 g/mol. The molecule has 0 fully saturated rings. The van der Waals surface area contributed by atoms with Gasteiger partial charge in [-0.25, -0.2) is 0 Å². The zero-order chi connectivity index (χ0) is 13.9. The second kappa shape index (κ2) is 8.87. The van der Waals surface area contributed by atoms with Gasteiger partial charge in [0.1, 0.15) is 0 Å². The van der Waals surface area contributed by atoms with Crippen LogP contribution in [0.1, 0.15) is 18.4 Å². The fraction of sp³-hybridized carbons (Fsp3) is 0.308. The van der Waals surface area contributed by atoms with Gasteiger partial charge in [-0.3, -0.25) is 4.79 Å². The number of amides is 1. The maximum atomic E-state index is 11.3. The van der Waals surface area contributed by atoms with Crippen LogP contribution in [0.5, 0.6) is 0 Å². The van der Waals surface area contributed by atoms with Crippen LogP contribution in [0.25, 0.3) is 10.4 Å². The Morgan fingerprint density at radius 2 is 2.16 bits per heavy atom. The number of benzene rings is 1. The van der Waals surface area contributed by atoms with Gasteiger partial charge in [-0.2, -0.15) is 0 Å². The van der Waals surface area contributed by atoms with E-state index in [9.17, 15) is 4.79 Å². The summed E-state index contributed by atoms with van der Waals surface area (Å²) in [7, 11) is 0. The summed E-state index contributed by atoms with van der Waals surface area (Å²) in [6.45, 7) is 0.371. The first-order valence-electron chi connectivity index (χ1n) is 5.72. The second-order valence-corrected chi connectivity index (χ2v) is 3.95. The quantitative estimate of drug-likeness (QED) is 0.220. The molecule has 19 heavy (non-hydrogen) atoms. The van der Waals surface area contributed by atoms with Crippen molar-refractivity contribution in [1.82, 2.24) is 0 Å². The van der Waals surface area contributed by atoms with Crippen molar-refractivity contribution in [3.63, 3.8) is 0 Å². The molecule has 6 heteroatoms. The van der Waals surface area contributed by atoms with E-state index in [1.807, 2.05) is 12.1 Å². The number of carbonyl (C=O) groups excluding carboxylic acids is 1. The van der Waals surface area contributed by atoms with E-state index >= 15 is 0 Å². The molecular formula is C13H13ClN4O. The van der Waals surface area contributed by atoms with Crippen LogP contribution in [0, 0.1) is 11.8 Å². The van der Waals surface area contributed by atoms with Gasteiger partial charge in [0.2, 0.25) is 5.91 Å². The first kappa shape index (κ1) is 14.9. The molecule has 0 bridgehead atoms. The van der Waals surface area contributed by atoms with Gasteiger partial charge in [-0.1, -0.05) is 17.0 Å². The SMILES string of the molecule is [N-]=[N+]=NCCC#Cc1ccc(NC(=O)CCCl)cc1. The third kappa shape index (κ3) is 6.37. The lowest BCUT2D eigenvalue weighted by atomic mass is 10.2. The highest BCUT2D eigenvalue weighted by Gasteiger charge is 2.00. The molecule has 1 aromatic rings. The Bertz CT molecular complexity index is 524. The van der Waals surface area contributed by atoms with Gasteiger partial charge < -0.3 is 5.32 Å². The summed E-state index contributed by atoms with van der Waals surface area (Å²) in [5.74, 6) is 6.04. The Labute approximate surface area is 116 Å². The van der Waals surface area contributed by atoms with E-state index in [0.717, 1.165) is 11.3 Å². The predicted molar refractivity (Wildman–Crippen MR) is 75.9 cm³/mol. The van der Waals surface area contributed by atoms with E-state index in [4.69, 9.17) is 17.1 Å². The van der Waals surface area contributed by atoms with E-state index in [1.54, 1.807) is 12.1 Å². The fourth-order valence-electron chi connectivity index (χ4n) is 1.26. The lowest BCUT2D eigenvalue weighted by Crippen LogP contribution is -2.11. The van der Waals surface area contributed by atoms with Crippen molar-refractivity contribution in [2.75, 3.05) is 17.7 Å². The predicted octanol–water partition coefficient (Wildman–Crippen LogP) is 3.31. The van der Waals surface area contributed by atoms with Crippen LogP contribution in [0.2, 0.25) is 0 Å². The molecule has 0 saturated carbocycles. The Hall–Kier alpha value is -2.15. The van der Waals surface area contributed by atoms with Gasteiger partial charge in [-0.15, -0.1) is 11.6 Å². The smallest absolute Gasteiger partial charge is 0.225 e. The van der Waals surface area contributed by atoms with E-state index in [1.165, 1.54) is 0 Å². The lowest BCUT2D eigenvalue weighted by molar-refractivity contribution is -0.115. The molecule has 0 aliphatic carbocycles. The zero-order valence-electron chi connectivity index (χ0n) is 10.3. The van der Waals surface area contributed by atoms with Gasteiger partial charge in [0.15, 0.2) is 0 Å². The largest absolute Gasteiger partial charge is 0.326 e. The first-order chi connectivity index (χ1) is 9.26. The number of alkyl halides is 1. The minimum Gasteiger partial charge on any atom is -0.326 e. The summed E-state index contributed by atoms with van der Waals surface area (Å²) >= 11 is 5.47. The van der Waals surface area contributed by atoms with Crippen LogP contribution in [-0.2, 0) is 4.79 Å². The Morgan fingerprint density at radius 3 is 2.79 bits per heavy atom. The molecule has 0 saturated heterocycles. The normalized spacial score (nSPS) is 8.89. The molecule has 0 atom stereocenters. The zero-order valence-corrected chi connectivity index (χ0v) is 11.0. The number of hydrogen-bond donors (Lipinski definition) is 1. The lowest BCUT2D eigenvalue weighted by Gasteiger charge is -2.03. The van der Waals surface area contributed by atoms with Gasteiger partial charge in [0, 0.05) is 41.4 Å². The molecule has 0 aromatic heterocycles. The van der Waals surface area contributed by atoms with Crippen molar-refractivity contribution in [2.24, 2.45) is 5.11 Å². The Balaban J connectivity index is 2.51. The maximum absolute atomic E-state index is 11.3. The summed E-state index contributed by atoms with van der Waals surface area (Å²) in [6.07, 6.45) is 0.820. The molecular weight excluding hydrogens is 264 g/mol. The summed E-state index contributed by atoms with van der Waals surface area (Å²) in [5, 5.41) is 6.11. The highest BCUT2D eigenvalue weighted by molar-refractivity contribution is 6.19. The van der Waals surface area contributed by atoms with Crippen LogP contribution in [-0.4, -0.2) is 18.3 Å². The van der Waals surface area contributed by atoms with Crippen molar-refractivity contribution in [3.05, 3.63) is 40.3 Å². The van der Waals surface area contributed by atoms with Crippen LogP contribution in [0.4, 0.5) is 5.69 Å². The molecule has 98 valence electrons. The van der Waals surface area contributed by atoms with Crippen molar-refractivity contribution in [1.29, 1.82) is 0 Å². The third-order valence-electron chi connectivity index (χ3n) is 2.12. The molecule has 0 aliphatic rings. The Morgan fingerprint density at radius 1 is 1.42 bits per heavy atom. The topological polar surface area (TPSA) is 77.9 Å². The molecule has 1 N–H and O–H groups in total. The van der Waals surface area contributed by atoms with E-state index in [2.05, 4.69) is 27.2 Å². The minimum atomic E-state index is -0.108. The van der Waals surface area contributed by atoms with Crippen molar-refractivity contribution >= 4 is 23.2 Å². The summed E-state index contributed by atoms with van der Waals surface area (Å²) in [5.41, 5.74) is 9.65. The van der Waals surface area contributed by atoms with Crippen molar-refractivity contribution < 1.29 is 4.79 Å². The van der Waals surface area contributed by atoms with Crippen LogP contribution in [0.15, 0.2) is 29.4 Å². The standard InChI is InChI=1S/C13H13ClN4O/c14-9-8-13(19)17-12-6-4-11(5-7-12)3-1-2-10-16-18-15/h4-7H,2,8-10H2,(H,17,19). The molecule has 1 amide bonds. The molecule has 1 aromatic carbocycles. The van der Waals surface area contributed by atoms with Crippen LogP contribution >= 0.6 is 11.6 Å². The molecule has 0 spiro atoms. The Kier molecular flexibility index (Phi) is 6.96. The second-order valence-electron chi connectivity index (χ2n) is 3.57. The molecule has 5 nitrogen and oxygen atoms in total. The number of rotatable bonds is 5. The van der Waals surface area contributed by atoms with Gasteiger partial charge in [0.05, 0.1) is 0 Å². The van der Waals surface area contributed by atoms with Crippen LogP contribution in [0.3, 0.4) is 0 Å². The van der Waals surface area contributed by atoms with Gasteiger partial charge in [0.25, 0.3) is 0 Å². The first-order valence-corrected chi connectivity index (χ1v) is 6.25. The molecule has 1 rings (SSSR count). The average Bonchev–Trinajstić information content (AvgIpc) is 2.41. The summed E-state index contributed by atoms with van der Waals surface area (Å²) in [4.78, 5) is 13.9. The number of azide groups is 1. The number of nitrogens with one attached hydrogen (secondary N) is 1. The number of hydrogen-bond acceptors (Lipinski definition) is 2. The maximum Gasteiger partial charge on any atom is 0.225 e. The van der Waals surface area contributed by atoms with Gasteiger partial charge in [-0.05, 0) is 29.8 Å². The van der Waals surface area contributed by atoms with Crippen molar-refractivity contribution in [3.8, 4) is 11.8 Å². The third-order valence-corrected chi connectivity index (χ3v) is 2.31. The fourth-order valence-corrected chi connectivity index (χ4v) is 1.43. The van der Waals surface area contributed by atoms with E-state index in [-0.39, 0.29) is 5.91 Å². The van der Waals surface area contributed by atoms with Crippen molar-refractivity contribution in [2.45, 2.75) is 12.8 Å². The highest BCUT2D eigenvalue weighted by atomic mass is 35.5. The number of halogens is 1. The highest BCUT2D eigenvalue weighted by Crippen LogP contribution is 2.09. The molecule has 0 aliphatic heterocycles. The molecule has 0 unspecified atom stereocenters. The number of nitrogens with zero attached hydrogens (tertiary/aromatic N) is 3. The number of carbonyl (C=O) groups is 1.